The second-order valence-corrected chi connectivity index (χ2v) is 7.15. The molecule has 1 aromatic heterocycles. The SMILES string of the molecule is CN1C(=O)[C@H](CC(=O)N(Cc2ccccc2)Cc2nccs2)N(C)C1=O. The monoisotopic (exact) mass is 372 g/mol. The van der Waals surface area contributed by atoms with Gasteiger partial charge >= 0.3 is 6.03 Å². The van der Waals surface area contributed by atoms with Crippen molar-refractivity contribution in [2.24, 2.45) is 0 Å². The van der Waals surface area contributed by atoms with Gasteiger partial charge in [0.2, 0.25) is 5.91 Å². The molecular formula is C18H20N4O3S. The number of urea groups is 1. The quantitative estimate of drug-likeness (QED) is 0.727. The van der Waals surface area contributed by atoms with Crippen LogP contribution in [0.15, 0.2) is 41.9 Å². The molecule has 1 aliphatic rings. The number of nitrogens with zero attached hydrogens (tertiary/aromatic N) is 4. The lowest BCUT2D eigenvalue weighted by molar-refractivity contribution is -0.137. The van der Waals surface area contributed by atoms with Crippen LogP contribution in [0.25, 0.3) is 0 Å². The van der Waals surface area contributed by atoms with E-state index in [9.17, 15) is 14.4 Å². The van der Waals surface area contributed by atoms with Crippen LogP contribution in [0.3, 0.4) is 0 Å². The minimum Gasteiger partial charge on any atom is -0.332 e. The van der Waals surface area contributed by atoms with Gasteiger partial charge < -0.3 is 9.80 Å². The average Bonchev–Trinajstić information content (AvgIpc) is 3.22. The van der Waals surface area contributed by atoms with Gasteiger partial charge in [-0.15, -0.1) is 11.3 Å². The Morgan fingerprint density at radius 2 is 1.92 bits per heavy atom. The Kier molecular flexibility index (Phi) is 5.32. The largest absolute Gasteiger partial charge is 0.332 e. The van der Waals surface area contributed by atoms with Gasteiger partial charge in [0.15, 0.2) is 0 Å². The van der Waals surface area contributed by atoms with Crippen LogP contribution < -0.4 is 0 Å². The van der Waals surface area contributed by atoms with Gasteiger partial charge in [-0.2, -0.15) is 0 Å². The topological polar surface area (TPSA) is 73.8 Å². The molecule has 0 N–H and O–H groups in total. The highest BCUT2D eigenvalue weighted by molar-refractivity contribution is 7.09. The maximum Gasteiger partial charge on any atom is 0.326 e. The fourth-order valence-electron chi connectivity index (χ4n) is 2.90. The molecule has 1 aliphatic heterocycles. The molecule has 0 saturated carbocycles. The molecule has 1 saturated heterocycles. The minimum atomic E-state index is -0.755. The predicted molar refractivity (Wildman–Crippen MR) is 97.1 cm³/mol. The first-order valence-electron chi connectivity index (χ1n) is 8.22. The van der Waals surface area contributed by atoms with Crippen LogP contribution in [-0.4, -0.2) is 57.7 Å². The molecule has 1 aromatic carbocycles. The molecule has 136 valence electrons. The maximum absolute atomic E-state index is 12.9. The first-order chi connectivity index (χ1) is 12.5. The van der Waals surface area contributed by atoms with E-state index in [1.165, 1.54) is 23.3 Å². The number of amides is 4. The van der Waals surface area contributed by atoms with Gasteiger partial charge in [0.1, 0.15) is 11.0 Å². The number of carbonyl (C=O) groups excluding carboxylic acids is 3. The summed E-state index contributed by atoms with van der Waals surface area (Å²) >= 11 is 1.48. The summed E-state index contributed by atoms with van der Waals surface area (Å²) in [5.74, 6) is -0.530. The maximum atomic E-state index is 12.9. The highest BCUT2D eigenvalue weighted by atomic mass is 32.1. The molecule has 7 nitrogen and oxygen atoms in total. The third-order valence-corrected chi connectivity index (χ3v) is 5.18. The van der Waals surface area contributed by atoms with Crippen molar-refractivity contribution in [3.8, 4) is 0 Å². The molecule has 3 rings (SSSR count). The molecule has 0 bridgehead atoms. The van der Waals surface area contributed by atoms with Crippen LogP contribution in [0.4, 0.5) is 4.79 Å². The zero-order chi connectivity index (χ0) is 18.7. The van der Waals surface area contributed by atoms with E-state index in [2.05, 4.69) is 4.98 Å². The highest BCUT2D eigenvalue weighted by Gasteiger charge is 2.42. The molecule has 0 aliphatic carbocycles. The molecule has 2 heterocycles. The van der Waals surface area contributed by atoms with E-state index >= 15 is 0 Å². The second kappa shape index (κ2) is 7.65. The van der Waals surface area contributed by atoms with Gasteiger partial charge in [-0.3, -0.25) is 14.5 Å². The van der Waals surface area contributed by atoms with Crippen molar-refractivity contribution in [1.29, 1.82) is 0 Å². The summed E-state index contributed by atoms with van der Waals surface area (Å²) in [4.78, 5) is 45.4. The molecule has 4 amide bonds. The van der Waals surface area contributed by atoms with E-state index in [1.807, 2.05) is 35.7 Å². The summed E-state index contributed by atoms with van der Waals surface area (Å²) in [5.41, 5.74) is 0.997. The Morgan fingerprint density at radius 3 is 2.50 bits per heavy atom. The standard InChI is InChI=1S/C18H20N4O3S/c1-20-14(17(24)21(2)18(20)25)10-16(23)22(12-15-19-8-9-26-15)11-13-6-4-3-5-7-13/h3-9,14H,10-12H2,1-2H3/t14-/m0/s1. The smallest absolute Gasteiger partial charge is 0.326 e. The molecule has 26 heavy (non-hydrogen) atoms. The summed E-state index contributed by atoms with van der Waals surface area (Å²) in [7, 11) is 2.98. The molecule has 0 unspecified atom stereocenters. The van der Waals surface area contributed by atoms with Crippen molar-refractivity contribution in [3.63, 3.8) is 0 Å². The second-order valence-electron chi connectivity index (χ2n) is 6.17. The van der Waals surface area contributed by atoms with Gasteiger partial charge in [-0.25, -0.2) is 9.78 Å². The predicted octanol–water partition coefficient (Wildman–Crippen LogP) is 1.95. The van der Waals surface area contributed by atoms with Gasteiger partial charge in [-0.05, 0) is 5.56 Å². The molecule has 0 spiro atoms. The Hall–Kier alpha value is -2.74. The van der Waals surface area contributed by atoms with Gasteiger partial charge in [0.05, 0.1) is 13.0 Å². The lowest BCUT2D eigenvalue weighted by Crippen LogP contribution is -2.39. The Bertz CT molecular complexity index is 794. The lowest BCUT2D eigenvalue weighted by atomic mass is 10.1. The summed E-state index contributed by atoms with van der Waals surface area (Å²) in [6.07, 6.45) is 1.66. The van der Waals surface area contributed by atoms with Crippen LogP contribution in [0.2, 0.25) is 0 Å². The highest BCUT2D eigenvalue weighted by Crippen LogP contribution is 2.20. The third-order valence-electron chi connectivity index (χ3n) is 4.42. The van der Waals surface area contributed by atoms with Crippen LogP contribution in [0.5, 0.6) is 0 Å². The van der Waals surface area contributed by atoms with Crippen molar-refractivity contribution >= 4 is 29.2 Å². The number of hydrogen-bond donors (Lipinski definition) is 0. The molecule has 1 atom stereocenters. The van der Waals surface area contributed by atoms with Gasteiger partial charge in [0.25, 0.3) is 5.91 Å². The average molecular weight is 372 g/mol. The Morgan fingerprint density at radius 1 is 1.19 bits per heavy atom. The number of aromatic nitrogens is 1. The van der Waals surface area contributed by atoms with Crippen molar-refractivity contribution in [2.75, 3.05) is 14.1 Å². The van der Waals surface area contributed by atoms with E-state index in [0.29, 0.717) is 13.1 Å². The van der Waals surface area contributed by atoms with Crippen molar-refractivity contribution in [1.82, 2.24) is 19.7 Å². The summed E-state index contributed by atoms with van der Waals surface area (Å²) in [6, 6.07) is 8.52. The van der Waals surface area contributed by atoms with Crippen LogP contribution >= 0.6 is 11.3 Å². The molecule has 8 heteroatoms. The third kappa shape index (κ3) is 3.75. The van der Waals surface area contributed by atoms with Gasteiger partial charge in [-0.1, -0.05) is 30.3 Å². The first kappa shape index (κ1) is 18.1. The van der Waals surface area contributed by atoms with Crippen LogP contribution in [0, 0.1) is 0 Å². The zero-order valence-electron chi connectivity index (χ0n) is 14.7. The first-order valence-corrected chi connectivity index (χ1v) is 9.09. The van der Waals surface area contributed by atoms with Crippen molar-refractivity contribution in [3.05, 3.63) is 52.5 Å². The Labute approximate surface area is 155 Å². The summed E-state index contributed by atoms with van der Waals surface area (Å²) in [5, 5.41) is 2.69. The molecule has 2 aromatic rings. The van der Waals surface area contributed by atoms with E-state index in [1.54, 1.807) is 18.1 Å². The minimum absolute atomic E-state index is 0.0381. The molecule has 1 fully saturated rings. The van der Waals surface area contributed by atoms with E-state index in [-0.39, 0.29) is 24.3 Å². The van der Waals surface area contributed by atoms with Crippen molar-refractivity contribution in [2.45, 2.75) is 25.6 Å². The number of hydrogen-bond acceptors (Lipinski definition) is 5. The normalized spacial score (nSPS) is 17.1. The van der Waals surface area contributed by atoms with Crippen molar-refractivity contribution < 1.29 is 14.4 Å². The number of thiazole rings is 1. The fourth-order valence-corrected chi connectivity index (χ4v) is 3.53. The number of rotatable bonds is 6. The number of likely N-dealkylation sites (N-methyl/N-ethyl adjacent to an activating group) is 2. The molecule has 0 radical (unpaired) electrons. The van der Waals surface area contributed by atoms with E-state index in [4.69, 9.17) is 0 Å². The zero-order valence-corrected chi connectivity index (χ0v) is 15.5. The van der Waals surface area contributed by atoms with Gasteiger partial charge in [0, 0.05) is 32.2 Å². The van der Waals surface area contributed by atoms with E-state index < -0.39 is 6.04 Å². The number of benzene rings is 1. The number of imide groups is 1. The lowest BCUT2D eigenvalue weighted by Gasteiger charge is -2.24. The number of carbonyl (C=O) groups is 3. The Balaban J connectivity index is 1.76. The summed E-state index contributed by atoms with van der Waals surface area (Å²) in [6.45, 7) is 0.799. The summed E-state index contributed by atoms with van der Waals surface area (Å²) < 4.78 is 0. The molecular weight excluding hydrogens is 352 g/mol. The fraction of sp³-hybridized carbons (Fsp3) is 0.333. The van der Waals surface area contributed by atoms with E-state index in [0.717, 1.165) is 15.5 Å². The van der Waals surface area contributed by atoms with Crippen LogP contribution in [-0.2, 0) is 22.7 Å². The van der Waals surface area contributed by atoms with Crippen LogP contribution in [0.1, 0.15) is 17.0 Å².